The minimum absolute atomic E-state index is 0. The van der Waals surface area contributed by atoms with Crippen molar-refractivity contribution in [3.63, 3.8) is 0 Å². The topological polar surface area (TPSA) is 61.6 Å². The summed E-state index contributed by atoms with van der Waals surface area (Å²) >= 11 is 0. The molecule has 0 bridgehead atoms. The van der Waals surface area contributed by atoms with Gasteiger partial charge in [0, 0.05) is 39.1 Å². The predicted octanol–water partition coefficient (Wildman–Crippen LogP) is 4.90. The van der Waals surface area contributed by atoms with Gasteiger partial charge in [-0.1, -0.05) is 31.5 Å². The number of hydrogen-bond donors (Lipinski definition) is 1. The summed E-state index contributed by atoms with van der Waals surface area (Å²) in [5.41, 5.74) is 3.24. The molecule has 2 atom stereocenters. The van der Waals surface area contributed by atoms with E-state index in [1.165, 1.54) is 25.1 Å². The van der Waals surface area contributed by atoms with Crippen LogP contribution in [-0.2, 0) is 11.3 Å². The summed E-state index contributed by atoms with van der Waals surface area (Å²) in [4.78, 5) is 22.4. The van der Waals surface area contributed by atoms with Gasteiger partial charge in [-0.25, -0.2) is 4.98 Å². The van der Waals surface area contributed by atoms with Crippen LogP contribution < -0.4 is 5.32 Å². The number of benzene rings is 1. The average molecular weight is 469 g/mol. The van der Waals surface area contributed by atoms with E-state index in [0.29, 0.717) is 5.89 Å². The van der Waals surface area contributed by atoms with Crippen molar-refractivity contribution in [1.82, 2.24) is 20.1 Å². The standard InChI is InChI=1S/C28H42N4O2.H2/c1-20-6-8-25(9-7-20)28-30-26(23(4)34-28)19-31-14-10-24(11-15-31)27(33)29-12-5-13-32-17-21(2)16-22(3)18-32;/h6-9,21-22,24H,5,10-19H2,1-4H3,(H,29,33);1H. The third-order valence-corrected chi connectivity index (χ3v) is 7.42. The van der Waals surface area contributed by atoms with Gasteiger partial charge in [0.2, 0.25) is 11.8 Å². The Morgan fingerprint density at radius 3 is 2.44 bits per heavy atom. The normalized spacial score (nSPS) is 22.7. The Kier molecular flexibility index (Phi) is 8.43. The summed E-state index contributed by atoms with van der Waals surface area (Å²) < 4.78 is 5.95. The molecule has 2 fully saturated rings. The summed E-state index contributed by atoms with van der Waals surface area (Å²) in [6, 6.07) is 8.28. The Bertz CT molecular complexity index is 927. The van der Waals surface area contributed by atoms with Gasteiger partial charge in [-0.2, -0.15) is 0 Å². The third kappa shape index (κ3) is 6.70. The highest BCUT2D eigenvalue weighted by molar-refractivity contribution is 5.78. The Morgan fingerprint density at radius 2 is 1.76 bits per heavy atom. The van der Waals surface area contributed by atoms with Crippen LogP contribution in [0.3, 0.4) is 0 Å². The lowest BCUT2D eigenvalue weighted by Gasteiger charge is -2.35. The van der Waals surface area contributed by atoms with E-state index in [1.807, 2.05) is 6.92 Å². The van der Waals surface area contributed by atoms with Crippen LogP contribution in [0.25, 0.3) is 11.5 Å². The van der Waals surface area contributed by atoms with E-state index in [4.69, 9.17) is 9.40 Å². The number of amides is 1. The molecule has 2 unspecified atom stereocenters. The second-order valence-corrected chi connectivity index (χ2v) is 10.8. The number of nitrogens with one attached hydrogen (secondary N) is 1. The van der Waals surface area contributed by atoms with E-state index < -0.39 is 0 Å². The van der Waals surface area contributed by atoms with Gasteiger partial charge in [0.25, 0.3) is 0 Å². The van der Waals surface area contributed by atoms with Crippen LogP contribution in [0.15, 0.2) is 28.7 Å². The second kappa shape index (κ2) is 11.5. The number of aromatic nitrogens is 1. The van der Waals surface area contributed by atoms with Gasteiger partial charge in [-0.05, 0) is 83.1 Å². The highest BCUT2D eigenvalue weighted by Crippen LogP contribution is 2.25. The van der Waals surface area contributed by atoms with E-state index in [-0.39, 0.29) is 13.3 Å². The van der Waals surface area contributed by atoms with Crippen molar-refractivity contribution in [1.29, 1.82) is 0 Å². The van der Waals surface area contributed by atoms with Gasteiger partial charge in [-0.3, -0.25) is 9.69 Å². The van der Waals surface area contributed by atoms with Gasteiger partial charge in [0.15, 0.2) is 0 Å². The number of likely N-dealkylation sites (tertiary alicyclic amines) is 2. The molecule has 3 heterocycles. The first-order valence-corrected chi connectivity index (χ1v) is 13.1. The van der Waals surface area contributed by atoms with Crippen LogP contribution in [0.4, 0.5) is 0 Å². The Labute approximate surface area is 206 Å². The van der Waals surface area contributed by atoms with Crippen molar-refractivity contribution in [2.45, 2.75) is 59.9 Å². The van der Waals surface area contributed by atoms with Gasteiger partial charge in [0.05, 0.1) is 5.69 Å². The molecule has 2 aromatic rings. The molecule has 4 rings (SSSR count). The first kappa shape index (κ1) is 24.9. The minimum Gasteiger partial charge on any atom is -0.441 e. The average Bonchev–Trinajstić information content (AvgIpc) is 3.17. The zero-order valence-corrected chi connectivity index (χ0v) is 21.5. The maximum atomic E-state index is 12.7. The lowest BCUT2D eigenvalue weighted by molar-refractivity contribution is -0.126. The molecule has 1 amide bonds. The Balaban J connectivity index is 0.00000342. The Morgan fingerprint density at radius 1 is 1.09 bits per heavy atom. The number of rotatable bonds is 8. The Hall–Kier alpha value is -2.18. The zero-order valence-electron chi connectivity index (χ0n) is 21.5. The molecule has 0 saturated carbocycles. The van der Waals surface area contributed by atoms with Gasteiger partial charge in [0.1, 0.15) is 5.76 Å². The van der Waals surface area contributed by atoms with E-state index >= 15 is 0 Å². The van der Waals surface area contributed by atoms with Crippen molar-refractivity contribution in [2.75, 3.05) is 39.3 Å². The predicted molar refractivity (Wildman–Crippen MR) is 139 cm³/mol. The highest BCUT2D eigenvalue weighted by Gasteiger charge is 2.26. The van der Waals surface area contributed by atoms with Crippen LogP contribution in [0, 0.1) is 31.6 Å². The van der Waals surface area contributed by atoms with Crippen molar-refractivity contribution in [3.8, 4) is 11.5 Å². The monoisotopic (exact) mass is 468 g/mol. The van der Waals surface area contributed by atoms with E-state index in [0.717, 1.165) is 80.8 Å². The van der Waals surface area contributed by atoms with Gasteiger partial charge >= 0.3 is 0 Å². The minimum atomic E-state index is 0. The second-order valence-electron chi connectivity index (χ2n) is 10.8. The molecule has 2 aliphatic rings. The molecule has 1 N–H and O–H groups in total. The molecular formula is C28H44N4O2. The smallest absolute Gasteiger partial charge is 0.226 e. The number of aryl methyl sites for hydroxylation is 2. The molecule has 6 heteroatoms. The number of piperidine rings is 2. The van der Waals surface area contributed by atoms with Crippen molar-refractivity contribution in [2.24, 2.45) is 17.8 Å². The van der Waals surface area contributed by atoms with Crippen LogP contribution >= 0.6 is 0 Å². The molecule has 0 spiro atoms. The summed E-state index contributed by atoms with van der Waals surface area (Å²) in [5.74, 6) is 3.52. The molecule has 188 valence electrons. The van der Waals surface area contributed by atoms with Crippen LogP contribution in [0.1, 0.15) is 58.0 Å². The maximum absolute atomic E-state index is 12.7. The number of nitrogens with zero attached hydrogens (tertiary/aromatic N) is 3. The molecule has 0 aliphatic carbocycles. The largest absolute Gasteiger partial charge is 0.441 e. The lowest BCUT2D eigenvalue weighted by atomic mass is 9.92. The maximum Gasteiger partial charge on any atom is 0.226 e. The number of carbonyl (C=O) groups excluding carboxylic acids is 1. The first-order valence-electron chi connectivity index (χ1n) is 13.1. The van der Waals surface area contributed by atoms with Crippen LogP contribution in [-0.4, -0.2) is 60.0 Å². The van der Waals surface area contributed by atoms with Gasteiger partial charge < -0.3 is 14.6 Å². The number of carbonyl (C=O) groups is 1. The van der Waals surface area contributed by atoms with E-state index in [2.05, 4.69) is 60.2 Å². The molecule has 2 aliphatic heterocycles. The van der Waals surface area contributed by atoms with Crippen LogP contribution in [0.5, 0.6) is 0 Å². The summed E-state index contributed by atoms with van der Waals surface area (Å²) in [5, 5.41) is 3.20. The zero-order chi connectivity index (χ0) is 24.1. The summed E-state index contributed by atoms with van der Waals surface area (Å²) in [6.45, 7) is 15.7. The first-order chi connectivity index (χ1) is 16.4. The van der Waals surface area contributed by atoms with Crippen molar-refractivity contribution < 1.29 is 10.6 Å². The van der Waals surface area contributed by atoms with Gasteiger partial charge in [-0.15, -0.1) is 0 Å². The SMILES string of the molecule is Cc1ccc(-c2nc(CN3CCC(C(=O)NCCCN4CC(C)CC(C)C4)CC3)c(C)o2)cc1.[HH]. The fraction of sp³-hybridized carbons (Fsp3) is 0.643. The molecule has 1 aromatic carbocycles. The van der Waals surface area contributed by atoms with Crippen molar-refractivity contribution >= 4 is 5.91 Å². The summed E-state index contributed by atoms with van der Waals surface area (Å²) in [6.07, 6.45) is 4.21. The third-order valence-electron chi connectivity index (χ3n) is 7.42. The fourth-order valence-electron chi connectivity index (χ4n) is 5.59. The van der Waals surface area contributed by atoms with E-state index in [1.54, 1.807) is 0 Å². The van der Waals surface area contributed by atoms with Crippen LogP contribution in [0.2, 0.25) is 0 Å². The molecule has 0 radical (unpaired) electrons. The van der Waals surface area contributed by atoms with E-state index in [9.17, 15) is 4.79 Å². The fourth-order valence-corrected chi connectivity index (χ4v) is 5.59. The molecule has 1 aromatic heterocycles. The number of hydrogen-bond acceptors (Lipinski definition) is 5. The van der Waals surface area contributed by atoms with Crippen molar-refractivity contribution in [3.05, 3.63) is 41.3 Å². The summed E-state index contributed by atoms with van der Waals surface area (Å²) in [7, 11) is 0. The number of oxazole rings is 1. The molecule has 6 nitrogen and oxygen atoms in total. The molecule has 34 heavy (non-hydrogen) atoms. The molecule has 2 saturated heterocycles. The lowest BCUT2D eigenvalue weighted by Crippen LogP contribution is -2.42. The quantitative estimate of drug-likeness (QED) is 0.558. The highest BCUT2D eigenvalue weighted by atomic mass is 16.4. The molecular weight excluding hydrogens is 424 g/mol.